The van der Waals surface area contributed by atoms with Gasteiger partial charge in [0, 0.05) is 25.3 Å². The van der Waals surface area contributed by atoms with E-state index in [2.05, 4.69) is 15.2 Å². The van der Waals surface area contributed by atoms with Gasteiger partial charge in [-0.15, -0.1) is 0 Å². The average Bonchev–Trinajstić information content (AvgIpc) is 3.01. The Morgan fingerprint density at radius 2 is 2.00 bits per heavy atom. The number of carbonyl (C=O) groups excluding carboxylic acids is 2. The molecular formula is C20H31N3O4. The zero-order valence-electron chi connectivity index (χ0n) is 17.1. The van der Waals surface area contributed by atoms with Gasteiger partial charge in [0.15, 0.2) is 0 Å². The number of rotatable bonds is 6. The van der Waals surface area contributed by atoms with Gasteiger partial charge in [0.1, 0.15) is 23.0 Å². The number of carbonyl (C=O) groups is 2. The maximum absolute atomic E-state index is 12.3. The van der Waals surface area contributed by atoms with E-state index < -0.39 is 11.6 Å². The van der Waals surface area contributed by atoms with Gasteiger partial charge in [-0.2, -0.15) is 0 Å². The molecule has 1 aliphatic heterocycles. The fourth-order valence-electron chi connectivity index (χ4n) is 2.99. The second-order valence-electron chi connectivity index (χ2n) is 8.18. The van der Waals surface area contributed by atoms with Crippen LogP contribution in [0.1, 0.15) is 58.3 Å². The first-order valence-corrected chi connectivity index (χ1v) is 9.46. The van der Waals surface area contributed by atoms with Crippen molar-refractivity contribution in [3.05, 3.63) is 23.9 Å². The topological polar surface area (TPSA) is 80.8 Å². The lowest BCUT2D eigenvalue weighted by Crippen LogP contribution is -2.45. The van der Waals surface area contributed by atoms with Crippen LogP contribution in [0.2, 0.25) is 0 Å². The molecule has 2 heterocycles. The first-order chi connectivity index (χ1) is 12.6. The molecule has 1 aliphatic rings. The standard InChI is InChI=1S/C20H31N3O4/c1-13(2)26-19(25)16-8-7-10-21-17(16)23-11-9-15(12-23)22-14(3)18(24)27-20(4,5)6/h7-8,10,13-15,22H,9,11-12H2,1-6H3/t14-,15-/m1/s1. The van der Waals surface area contributed by atoms with Crippen molar-refractivity contribution in [2.75, 3.05) is 18.0 Å². The summed E-state index contributed by atoms with van der Waals surface area (Å²) >= 11 is 0. The number of nitrogens with one attached hydrogen (secondary N) is 1. The molecule has 0 bridgehead atoms. The highest BCUT2D eigenvalue weighted by Crippen LogP contribution is 2.23. The summed E-state index contributed by atoms with van der Waals surface area (Å²) in [6, 6.07) is 3.18. The first kappa shape index (κ1) is 21.2. The van der Waals surface area contributed by atoms with Crippen molar-refractivity contribution in [3.63, 3.8) is 0 Å². The zero-order valence-corrected chi connectivity index (χ0v) is 17.1. The molecule has 1 aromatic heterocycles. The van der Waals surface area contributed by atoms with Crippen LogP contribution < -0.4 is 10.2 Å². The second kappa shape index (κ2) is 8.69. The van der Waals surface area contributed by atoms with Crippen LogP contribution in [-0.4, -0.2) is 53.8 Å². The van der Waals surface area contributed by atoms with Crippen LogP contribution in [0.15, 0.2) is 18.3 Å². The minimum Gasteiger partial charge on any atom is -0.459 e. The summed E-state index contributed by atoms with van der Waals surface area (Å²) < 4.78 is 10.7. The summed E-state index contributed by atoms with van der Waals surface area (Å²) in [5, 5.41) is 3.32. The summed E-state index contributed by atoms with van der Waals surface area (Å²) in [5.41, 5.74) is -0.0407. The molecule has 0 aliphatic carbocycles. The summed E-state index contributed by atoms with van der Waals surface area (Å²) in [4.78, 5) is 31.0. The molecule has 0 amide bonds. The van der Waals surface area contributed by atoms with Crippen molar-refractivity contribution < 1.29 is 19.1 Å². The summed E-state index contributed by atoms with van der Waals surface area (Å²) in [7, 11) is 0. The number of aromatic nitrogens is 1. The highest BCUT2D eigenvalue weighted by molar-refractivity contribution is 5.95. The number of hydrogen-bond acceptors (Lipinski definition) is 7. The smallest absolute Gasteiger partial charge is 0.342 e. The van der Waals surface area contributed by atoms with Gasteiger partial charge in [0.05, 0.1) is 6.10 Å². The lowest BCUT2D eigenvalue weighted by Gasteiger charge is -2.25. The van der Waals surface area contributed by atoms with E-state index >= 15 is 0 Å². The largest absolute Gasteiger partial charge is 0.459 e. The first-order valence-electron chi connectivity index (χ1n) is 9.46. The van der Waals surface area contributed by atoms with Gasteiger partial charge in [-0.1, -0.05) is 0 Å². The van der Waals surface area contributed by atoms with Gasteiger partial charge in [-0.25, -0.2) is 9.78 Å². The Kier molecular flexibility index (Phi) is 6.81. The predicted molar refractivity (Wildman–Crippen MR) is 104 cm³/mol. The van der Waals surface area contributed by atoms with Gasteiger partial charge in [0.2, 0.25) is 0 Å². The van der Waals surface area contributed by atoms with E-state index in [-0.39, 0.29) is 24.1 Å². The van der Waals surface area contributed by atoms with E-state index in [4.69, 9.17) is 9.47 Å². The van der Waals surface area contributed by atoms with Gasteiger partial charge in [0.25, 0.3) is 0 Å². The third-order valence-electron chi connectivity index (χ3n) is 4.08. The lowest BCUT2D eigenvalue weighted by atomic mass is 10.2. The Morgan fingerprint density at radius 3 is 2.63 bits per heavy atom. The van der Waals surface area contributed by atoms with Crippen LogP contribution in [-0.2, 0) is 14.3 Å². The number of pyridine rings is 1. The Morgan fingerprint density at radius 1 is 1.30 bits per heavy atom. The van der Waals surface area contributed by atoms with Crippen molar-refractivity contribution in [1.29, 1.82) is 0 Å². The van der Waals surface area contributed by atoms with E-state index in [1.165, 1.54) is 0 Å². The normalized spacial score (nSPS) is 18.5. The Labute approximate surface area is 161 Å². The molecule has 7 nitrogen and oxygen atoms in total. The van der Waals surface area contributed by atoms with Crippen LogP contribution in [0.25, 0.3) is 0 Å². The van der Waals surface area contributed by atoms with Crippen LogP contribution in [0.5, 0.6) is 0 Å². The number of ether oxygens (including phenoxy) is 2. The molecule has 0 radical (unpaired) electrons. The summed E-state index contributed by atoms with van der Waals surface area (Å²) in [6.45, 7) is 12.4. The van der Waals surface area contributed by atoms with E-state index in [0.717, 1.165) is 13.0 Å². The van der Waals surface area contributed by atoms with Crippen molar-refractivity contribution in [1.82, 2.24) is 10.3 Å². The monoisotopic (exact) mass is 377 g/mol. The van der Waals surface area contributed by atoms with E-state index in [1.54, 1.807) is 18.3 Å². The van der Waals surface area contributed by atoms with Crippen molar-refractivity contribution in [3.8, 4) is 0 Å². The molecule has 1 fully saturated rings. The summed E-state index contributed by atoms with van der Waals surface area (Å²) in [5.74, 6) is -0.0102. The number of nitrogens with zero attached hydrogens (tertiary/aromatic N) is 2. The Bertz CT molecular complexity index is 669. The molecule has 0 unspecified atom stereocenters. The molecule has 2 atom stereocenters. The van der Waals surface area contributed by atoms with E-state index in [0.29, 0.717) is 17.9 Å². The molecule has 2 rings (SSSR count). The molecule has 0 spiro atoms. The molecule has 27 heavy (non-hydrogen) atoms. The highest BCUT2D eigenvalue weighted by Gasteiger charge is 2.30. The van der Waals surface area contributed by atoms with Gasteiger partial charge in [-0.05, 0) is 60.1 Å². The summed E-state index contributed by atoms with van der Waals surface area (Å²) in [6.07, 6.45) is 2.33. The van der Waals surface area contributed by atoms with Crippen LogP contribution >= 0.6 is 0 Å². The van der Waals surface area contributed by atoms with E-state index in [1.807, 2.05) is 41.5 Å². The van der Waals surface area contributed by atoms with Crippen LogP contribution in [0.3, 0.4) is 0 Å². The quantitative estimate of drug-likeness (QED) is 0.763. The van der Waals surface area contributed by atoms with Crippen molar-refractivity contribution in [2.45, 2.75) is 71.8 Å². The molecule has 7 heteroatoms. The molecule has 0 saturated carbocycles. The van der Waals surface area contributed by atoms with E-state index in [9.17, 15) is 9.59 Å². The number of esters is 2. The minimum atomic E-state index is -0.506. The molecule has 0 aromatic carbocycles. The Balaban J connectivity index is 2.00. The maximum Gasteiger partial charge on any atom is 0.342 e. The third-order valence-corrected chi connectivity index (χ3v) is 4.08. The van der Waals surface area contributed by atoms with Gasteiger partial charge >= 0.3 is 11.9 Å². The fraction of sp³-hybridized carbons (Fsp3) is 0.650. The van der Waals surface area contributed by atoms with Gasteiger partial charge in [-0.3, -0.25) is 10.1 Å². The second-order valence-corrected chi connectivity index (χ2v) is 8.18. The predicted octanol–water partition coefficient (Wildman–Crippen LogP) is 2.55. The highest BCUT2D eigenvalue weighted by atomic mass is 16.6. The number of anilines is 1. The lowest BCUT2D eigenvalue weighted by molar-refractivity contribution is -0.157. The molecule has 1 aromatic rings. The van der Waals surface area contributed by atoms with Crippen molar-refractivity contribution >= 4 is 17.8 Å². The van der Waals surface area contributed by atoms with Crippen LogP contribution in [0.4, 0.5) is 5.82 Å². The molecule has 150 valence electrons. The SMILES string of the molecule is CC(C)OC(=O)c1cccnc1N1CC[C@@H](N[C@H](C)C(=O)OC(C)(C)C)C1. The molecule has 1 N–H and O–H groups in total. The molecule has 1 saturated heterocycles. The molecular weight excluding hydrogens is 346 g/mol. The van der Waals surface area contributed by atoms with Crippen molar-refractivity contribution in [2.24, 2.45) is 0 Å². The minimum absolute atomic E-state index is 0.114. The van der Waals surface area contributed by atoms with Crippen LogP contribution in [0, 0.1) is 0 Å². The number of hydrogen-bond donors (Lipinski definition) is 1. The zero-order chi connectivity index (χ0) is 20.2. The maximum atomic E-state index is 12.3. The van der Waals surface area contributed by atoms with Gasteiger partial charge < -0.3 is 14.4 Å². The fourth-order valence-corrected chi connectivity index (χ4v) is 2.99. The third kappa shape index (κ3) is 6.20. The Hall–Kier alpha value is -2.15. The average molecular weight is 377 g/mol.